The first-order valence-electron chi connectivity index (χ1n) is 7.41. The van der Waals surface area contributed by atoms with Gasteiger partial charge in [-0.15, -0.1) is 0 Å². The summed E-state index contributed by atoms with van der Waals surface area (Å²) in [7, 11) is 0. The Morgan fingerprint density at radius 3 is 2.60 bits per heavy atom. The molecule has 2 amide bonds. The number of carbonyl (C=O) groups excluding carboxylic acids is 2. The van der Waals surface area contributed by atoms with Gasteiger partial charge in [0, 0.05) is 17.5 Å². The molecule has 0 bridgehead atoms. The van der Waals surface area contributed by atoms with Gasteiger partial charge in [-0.3, -0.25) is 9.59 Å². The molecule has 1 heterocycles. The fraction of sp³-hybridized carbons (Fsp3) is 0.176. The van der Waals surface area contributed by atoms with E-state index in [0.29, 0.717) is 51.1 Å². The number of ether oxygens (including phenoxy) is 2. The van der Waals surface area contributed by atoms with Gasteiger partial charge in [0.15, 0.2) is 11.5 Å². The zero-order valence-electron chi connectivity index (χ0n) is 13.2. The van der Waals surface area contributed by atoms with Crippen LogP contribution in [0, 0.1) is 0 Å². The Morgan fingerprint density at radius 1 is 1.08 bits per heavy atom. The van der Waals surface area contributed by atoms with Crippen molar-refractivity contribution in [2.75, 3.05) is 23.8 Å². The first-order valence-corrected chi connectivity index (χ1v) is 8.59. The van der Waals surface area contributed by atoms with Crippen LogP contribution < -0.4 is 20.1 Å². The van der Waals surface area contributed by atoms with Crippen LogP contribution in [0.3, 0.4) is 0 Å². The fourth-order valence-electron chi connectivity index (χ4n) is 2.35. The van der Waals surface area contributed by atoms with E-state index >= 15 is 0 Å². The molecule has 3 rings (SSSR count). The molecule has 2 aromatic carbocycles. The van der Waals surface area contributed by atoms with E-state index in [0.717, 1.165) is 0 Å². The lowest BCUT2D eigenvalue weighted by Crippen LogP contribution is -2.18. The number of anilines is 2. The van der Waals surface area contributed by atoms with E-state index in [1.165, 1.54) is 6.92 Å². The molecule has 2 N–H and O–H groups in total. The summed E-state index contributed by atoms with van der Waals surface area (Å²) >= 11 is 9.34. The second-order valence-electron chi connectivity index (χ2n) is 5.31. The number of hydrogen-bond acceptors (Lipinski definition) is 4. The molecule has 25 heavy (non-hydrogen) atoms. The summed E-state index contributed by atoms with van der Waals surface area (Å²) in [6, 6.07) is 8.08. The average molecular weight is 426 g/mol. The molecule has 0 atom stereocenters. The summed E-state index contributed by atoms with van der Waals surface area (Å²) in [5.41, 5.74) is 1.25. The standard InChI is InChI=1S/C17H14BrClN2O4/c1-9(22)20-14-8-11(19)2-3-13(14)21-17(23)10-6-12(18)16-15(7-10)24-4-5-25-16/h2-3,6-8H,4-5H2,1H3,(H,20,22)(H,21,23). The molecule has 1 aliphatic rings. The highest BCUT2D eigenvalue weighted by molar-refractivity contribution is 9.10. The predicted molar refractivity (Wildman–Crippen MR) is 98.8 cm³/mol. The topological polar surface area (TPSA) is 76.7 Å². The molecule has 130 valence electrons. The van der Waals surface area contributed by atoms with E-state index in [1.807, 2.05) is 0 Å². The summed E-state index contributed by atoms with van der Waals surface area (Å²) in [6.07, 6.45) is 0. The van der Waals surface area contributed by atoms with E-state index in [1.54, 1.807) is 30.3 Å². The molecule has 0 saturated heterocycles. The summed E-state index contributed by atoms with van der Waals surface area (Å²) in [4.78, 5) is 23.9. The van der Waals surface area contributed by atoms with Crippen molar-refractivity contribution < 1.29 is 19.1 Å². The highest BCUT2D eigenvalue weighted by Gasteiger charge is 2.19. The number of rotatable bonds is 3. The summed E-state index contributed by atoms with van der Waals surface area (Å²) in [6.45, 7) is 2.26. The van der Waals surface area contributed by atoms with Crippen molar-refractivity contribution in [3.8, 4) is 11.5 Å². The lowest BCUT2D eigenvalue weighted by atomic mass is 10.1. The third-order valence-electron chi connectivity index (χ3n) is 3.40. The maximum atomic E-state index is 12.6. The van der Waals surface area contributed by atoms with Gasteiger partial charge in [-0.1, -0.05) is 11.6 Å². The van der Waals surface area contributed by atoms with Crippen molar-refractivity contribution in [2.24, 2.45) is 0 Å². The van der Waals surface area contributed by atoms with Gasteiger partial charge >= 0.3 is 0 Å². The largest absolute Gasteiger partial charge is 0.486 e. The molecule has 0 aromatic heterocycles. The Morgan fingerprint density at radius 2 is 1.84 bits per heavy atom. The van der Waals surface area contributed by atoms with Gasteiger partial charge < -0.3 is 20.1 Å². The zero-order chi connectivity index (χ0) is 18.0. The maximum absolute atomic E-state index is 12.6. The summed E-state index contributed by atoms with van der Waals surface area (Å²) in [5, 5.41) is 5.85. The third kappa shape index (κ3) is 4.05. The molecular formula is C17H14BrClN2O4. The van der Waals surface area contributed by atoms with Crippen molar-refractivity contribution in [1.29, 1.82) is 0 Å². The van der Waals surface area contributed by atoms with Crippen LogP contribution in [0.15, 0.2) is 34.8 Å². The van der Waals surface area contributed by atoms with E-state index in [9.17, 15) is 9.59 Å². The minimum absolute atomic E-state index is 0.264. The average Bonchev–Trinajstić information content (AvgIpc) is 2.56. The zero-order valence-corrected chi connectivity index (χ0v) is 15.5. The fourth-order valence-corrected chi connectivity index (χ4v) is 3.08. The third-order valence-corrected chi connectivity index (χ3v) is 4.22. The smallest absolute Gasteiger partial charge is 0.255 e. The van der Waals surface area contributed by atoms with Crippen molar-refractivity contribution in [1.82, 2.24) is 0 Å². The highest BCUT2D eigenvalue weighted by Crippen LogP contribution is 2.38. The number of benzene rings is 2. The van der Waals surface area contributed by atoms with Gasteiger partial charge in [-0.25, -0.2) is 0 Å². The number of fused-ring (bicyclic) bond motifs is 1. The number of amides is 2. The number of nitrogens with one attached hydrogen (secondary N) is 2. The van der Waals surface area contributed by atoms with E-state index in [4.69, 9.17) is 21.1 Å². The van der Waals surface area contributed by atoms with Crippen molar-refractivity contribution >= 4 is 50.7 Å². The lowest BCUT2D eigenvalue weighted by Gasteiger charge is -2.20. The molecular weight excluding hydrogens is 412 g/mol. The van der Waals surface area contributed by atoms with Crippen LogP contribution in [0.5, 0.6) is 11.5 Å². The van der Waals surface area contributed by atoms with E-state index in [-0.39, 0.29) is 11.8 Å². The quantitative estimate of drug-likeness (QED) is 0.777. The Balaban J connectivity index is 1.88. The van der Waals surface area contributed by atoms with Gasteiger partial charge in [0.1, 0.15) is 13.2 Å². The van der Waals surface area contributed by atoms with Crippen LogP contribution in [-0.4, -0.2) is 25.0 Å². The first-order chi connectivity index (χ1) is 11.9. The van der Waals surface area contributed by atoms with Gasteiger partial charge in [-0.2, -0.15) is 0 Å². The monoisotopic (exact) mass is 424 g/mol. The van der Waals surface area contributed by atoms with E-state index in [2.05, 4.69) is 26.6 Å². The molecule has 1 aliphatic heterocycles. The predicted octanol–water partition coefficient (Wildman–Crippen LogP) is 4.08. The highest BCUT2D eigenvalue weighted by atomic mass is 79.9. The molecule has 0 spiro atoms. The van der Waals surface area contributed by atoms with Crippen LogP contribution in [0.2, 0.25) is 5.02 Å². The number of hydrogen-bond donors (Lipinski definition) is 2. The second kappa shape index (κ2) is 7.33. The van der Waals surface area contributed by atoms with Gasteiger partial charge in [0.2, 0.25) is 5.91 Å². The summed E-state index contributed by atoms with van der Waals surface area (Å²) < 4.78 is 11.7. The molecule has 0 fully saturated rings. The van der Waals surface area contributed by atoms with Crippen LogP contribution in [0.1, 0.15) is 17.3 Å². The second-order valence-corrected chi connectivity index (χ2v) is 6.60. The van der Waals surface area contributed by atoms with Crippen molar-refractivity contribution in [2.45, 2.75) is 6.92 Å². The van der Waals surface area contributed by atoms with Crippen LogP contribution >= 0.6 is 27.5 Å². The van der Waals surface area contributed by atoms with Gasteiger partial charge in [-0.05, 0) is 46.3 Å². The molecule has 0 saturated carbocycles. The SMILES string of the molecule is CC(=O)Nc1cc(Cl)ccc1NC(=O)c1cc(Br)c2c(c1)OCCO2. The first kappa shape index (κ1) is 17.6. The number of halogens is 2. The Labute approximate surface area is 157 Å². The van der Waals surface area contributed by atoms with Crippen molar-refractivity contribution in [3.05, 3.63) is 45.4 Å². The Kier molecular flexibility index (Phi) is 5.15. The van der Waals surface area contributed by atoms with Crippen LogP contribution in [0.4, 0.5) is 11.4 Å². The van der Waals surface area contributed by atoms with Crippen LogP contribution in [0.25, 0.3) is 0 Å². The van der Waals surface area contributed by atoms with Gasteiger partial charge in [0.05, 0.1) is 15.8 Å². The molecule has 0 unspecified atom stereocenters. The normalized spacial score (nSPS) is 12.4. The molecule has 0 radical (unpaired) electrons. The molecule has 6 nitrogen and oxygen atoms in total. The maximum Gasteiger partial charge on any atom is 0.255 e. The summed E-state index contributed by atoms with van der Waals surface area (Å²) in [5.74, 6) is 0.462. The molecule has 0 aliphatic carbocycles. The lowest BCUT2D eigenvalue weighted by molar-refractivity contribution is -0.114. The molecule has 2 aromatic rings. The molecule has 8 heteroatoms. The van der Waals surface area contributed by atoms with Crippen LogP contribution in [-0.2, 0) is 4.79 Å². The minimum Gasteiger partial charge on any atom is -0.486 e. The number of carbonyl (C=O) groups is 2. The minimum atomic E-state index is -0.355. The van der Waals surface area contributed by atoms with E-state index < -0.39 is 0 Å². The van der Waals surface area contributed by atoms with Crippen molar-refractivity contribution in [3.63, 3.8) is 0 Å². The Hall–Kier alpha value is -2.25. The Bertz CT molecular complexity index is 857. The van der Waals surface area contributed by atoms with Gasteiger partial charge in [0.25, 0.3) is 5.91 Å².